The summed E-state index contributed by atoms with van der Waals surface area (Å²) in [6.07, 6.45) is 73.1. The monoisotopic (exact) mass is 897 g/mol. The van der Waals surface area contributed by atoms with Crippen LogP contribution >= 0.6 is 0 Å². The molecule has 65 heavy (non-hydrogen) atoms. The minimum absolute atomic E-state index is 0.143. The van der Waals surface area contributed by atoms with Gasteiger partial charge in [0.1, 0.15) is 13.2 Å². The summed E-state index contributed by atoms with van der Waals surface area (Å²) < 4.78 is 16.6. The molecule has 6 nitrogen and oxygen atoms in total. The van der Waals surface area contributed by atoms with Crippen molar-refractivity contribution in [1.82, 2.24) is 0 Å². The lowest BCUT2D eigenvalue weighted by molar-refractivity contribution is -0.166. The molecule has 0 aliphatic rings. The molecule has 0 bridgehead atoms. The maximum atomic E-state index is 12.8. The standard InChI is InChI=1S/C59H92O6/c1-4-7-10-13-16-19-22-25-27-29-31-34-37-40-43-46-49-52-58(61)64-55-56(54-63-57(60)51-48-45-42-39-36-33-24-21-18-15-12-9-6-3)65-59(62)53-50-47-44-41-38-35-32-30-28-26-23-20-17-14-11-8-5-2/h7,10,13,16,19,22,25-29,31-37,41-42,44-45,56H,4-6,8-9,11-12,14-15,17-18,20-21,23-24,30,38-40,43,46-55H2,1-3H3/b10-7+,16-13+,22-19+,27-25+,28-26+,31-29+,35-32+,36-33+,37-34+,44-41+,45-42+. The van der Waals surface area contributed by atoms with Gasteiger partial charge in [0.05, 0.1) is 0 Å². The third-order valence-electron chi connectivity index (χ3n) is 10.3. The number of esters is 3. The summed E-state index contributed by atoms with van der Waals surface area (Å²) in [6.45, 7) is 6.32. The molecule has 0 rings (SSSR count). The molecule has 0 fully saturated rings. The fraction of sp³-hybridized carbons (Fsp3) is 0.576. The predicted octanol–water partition coefficient (Wildman–Crippen LogP) is 17.1. The number of unbranched alkanes of at least 4 members (excludes halogenated alkanes) is 16. The maximum absolute atomic E-state index is 12.8. The van der Waals surface area contributed by atoms with Gasteiger partial charge in [-0.05, 0) is 89.9 Å². The summed E-state index contributed by atoms with van der Waals surface area (Å²) in [5, 5.41) is 0. The number of ether oxygens (including phenoxy) is 3. The smallest absolute Gasteiger partial charge is 0.306 e. The zero-order chi connectivity index (χ0) is 47.2. The molecule has 0 N–H and O–H groups in total. The Kier molecular flexibility index (Phi) is 48.6. The molecule has 0 heterocycles. The zero-order valence-electron chi connectivity index (χ0n) is 41.4. The van der Waals surface area contributed by atoms with E-state index in [4.69, 9.17) is 14.2 Å². The van der Waals surface area contributed by atoms with Gasteiger partial charge in [-0.1, -0.05) is 225 Å². The Hall–Kier alpha value is -4.45. The Bertz CT molecular complexity index is 1450. The van der Waals surface area contributed by atoms with Crippen LogP contribution in [0.3, 0.4) is 0 Å². The normalized spacial score (nSPS) is 13.2. The number of allylic oxidation sites excluding steroid dienone is 22. The van der Waals surface area contributed by atoms with E-state index in [0.717, 1.165) is 57.8 Å². The molecule has 0 aliphatic heterocycles. The second kappa shape index (κ2) is 52.2. The summed E-state index contributed by atoms with van der Waals surface area (Å²) >= 11 is 0. The fourth-order valence-electron chi connectivity index (χ4n) is 6.42. The Morgan fingerprint density at radius 2 is 0.708 bits per heavy atom. The van der Waals surface area contributed by atoms with Crippen LogP contribution in [0.25, 0.3) is 0 Å². The summed E-state index contributed by atoms with van der Waals surface area (Å²) in [7, 11) is 0. The molecule has 6 heteroatoms. The van der Waals surface area contributed by atoms with Gasteiger partial charge in [0.25, 0.3) is 0 Å². The van der Waals surface area contributed by atoms with Crippen molar-refractivity contribution in [2.45, 2.75) is 207 Å². The molecular formula is C59H92O6. The van der Waals surface area contributed by atoms with Gasteiger partial charge in [0.15, 0.2) is 6.10 Å². The molecular weight excluding hydrogens is 805 g/mol. The molecule has 1 unspecified atom stereocenters. The first kappa shape index (κ1) is 60.5. The molecule has 0 aromatic heterocycles. The molecule has 1 atom stereocenters. The maximum Gasteiger partial charge on any atom is 0.306 e. The molecule has 0 spiro atoms. The average Bonchev–Trinajstić information content (AvgIpc) is 3.30. The van der Waals surface area contributed by atoms with Crippen molar-refractivity contribution < 1.29 is 28.6 Å². The summed E-state index contributed by atoms with van der Waals surface area (Å²) in [5.41, 5.74) is 0. The third-order valence-corrected chi connectivity index (χ3v) is 10.3. The number of hydrogen-bond acceptors (Lipinski definition) is 6. The van der Waals surface area contributed by atoms with Crippen molar-refractivity contribution >= 4 is 17.9 Å². The minimum Gasteiger partial charge on any atom is -0.462 e. The van der Waals surface area contributed by atoms with Gasteiger partial charge in [0.2, 0.25) is 0 Å². The van der Waals surface area contributed by atoms with E-state index in [2.05, 4.69) is 87.6 Å². The van der Waals surface area contributed by atoms with Crippen molar-refractivity contribution in [2.75, 3.05) is 13.2 Å². The quantitative estimate of drug-likeness (QED) is 0.0199. The van der Waals surface area contributed by atoms with Crippen LogP contribution in [0.1, 0.15) is 201 Å². The highest BCUT2D eigenvalue weighted by molar-refractivity contribution is 5.71. The number of hydrogen-bond donors (Lipinski definition) is 0. The van der Waals surface area contributed by atoms with Crippen molar-refractivity contribution in [3.05, 3.63) is 134 Å². The molecule has 0 radical (unpaired) electrons. The highest BCUT2D eigenvalue weighted by Crippen LogP contribution is 2.11. The fourth-order valence-corrected chi connectivity index (χ4v) is 6.42. The number of carbonyl (C=O) groups is 3. The molecule has 0 saturated heterocycles. The molecule has 0 aliphatic carbocycles. The van der Waals surface area contributed by atoms with Crippen LogP contribution in [0, 0.1) is 0 Å². The highest BCUT2D eigenvalue weighted by Gasteiger charge is 2.19. The van der Waals surface area contributed by atoms with Gasteiger partial charge in [-0.3, -0.25) is 14.4 Å². The van der Waals surface area contributed by atoms with Crippen molar-refractivity contribution in [3.8, 4) is 0 Å². The zero-order valence-corrected chi connectivity index (χ0v) is 41.4. The third kappa shape index (κ3) is 50.4. The molecule has 0 amide bonds. The highest BCUT2D eigenvalue weighted by atomic mass is 16.6. The predicted molar refractivity (Wildman–Crippen MR) is 279 cm³/mol. The van der Waals surface area contributed by atoms with Gasteiger partial charge in [-0.2, -0.15) is 0 Å². The van der Waals surface area contributed by atoms with Crippen LogP contribution in [0.5, 0.6) is 0 Å². The Balaban J connectivity index is 4.65. The lowest BCUT2D eigenvalue weighted by Gasteiger charge is -2.18. The lowest BCUT2D eigenvalue weighted by Crippen LogP contribution is -2.30. The van der Waals surface area contributed by atoms with Gasteiger partial charge >= 0.3 is 17.9 Å². The average molecular weight is 897 g/mol. The number of carbonyl (C=O) groups excluding carboxylic acids is 3. The summed E-state index contributed by atoms with van der Waals surface area (Å²) in [4.78, 5) is 37.9. The van der Waals surface area contributed by atoms with E-state index in [1.165, 1.54) is 83.5 Å². The molecule has 0 aromatic carbocycles. The summed E-state index contributed by atoms with van der Waals surface area (Å²) in [6, 6.07) is 0. The largest absolute Gasteiger partial charge is 0.462 e. The van der Waals surface area contributed by atoms with Crippen LogP contribution in [-0.2, 0) is 28.6 Å². The van der Waals surface area contributed by atoms with E-state index in [0.29, 0.717) is 19.3 Å². The first-order valence-electron chi connectivity index (χ1n) is 25.8. The Morgan fingerprint density at radius 3 is 1.22 bits per heavy atom. The van der Waals surface area contributed by atoms with Crippen LogP contribution in [0.4, 0.5) is 0 Å². The summed E-state index contributed by atoms with van der Waals surface area (Å²) in [5.74, 6) is -1.12. The van der Waals surface area contributed by atoms with E-state index in [-0.39, 0.29) is 44.4 Å². The second-order valence-electron chi connectivity index (χ2n) is 16.5. The molecule has 0 saturated carbocycles. The van der Waals surface area contributed by atoms with Crippen molar-refractivity contribution in [1.29, 1.82) is 0 Å². The molecule has 364 valence electrons. The SMILES string of the molecule is CC/C=C/C=C/C=C/C=C/C=C/C=C/CCCCCC(=O)OCC(COC(=O)CC/C=C/C/C=C/CCCCCCCC)OC(=O)CCC/C=C/C/C=C/C/C=C/CCCCCCCC. The second-order valence-corrected chi connectivity index (χ2v) is 16.5. The number of rotatable bonds is 44. The molecule has 0 aromatic rings. The van der Waals surface area contributed by atoms with Crippen LogP contribution in [0.15, 0.2) is 134 Å². The lowest BCUT2D eigenvalue weighted by atomic mass is 10.1. The van der Waals surface area contributed by atoms with E-state index in [1.807, 2.05) is 66.8 Å². The van der Waals surface area contributed by atoms with Gasteiger partial charge in [-0.25, -0.2) is 0 Å². The van der Waals surface area contributed by atoms with Crippen LogP contribution < -0.4 is 0 Å². The van der Waals surface area contributed by atoms with E-state index in [9.17, 15) is 14.4 Å². The van der Waals surface area contributed by atoms with E-state index >= 15 is 0 Å². The van der Waals surface area contributed by atoms with Crippen LogP contribution in [0.2, 0.25) is 0 Å². The van der Waals surface area contributed by atoms with E-state index in [1.54, 1.807) is 0 Å². The van der Waals surface area contributed by atoms with Crippen molar-refractivity contribution in [2.24, 2.45) is 0 Å². The van der Waals surface area contributed by atoms with Gasteiger partial charge < -0.3 is 14.2 Å². The van der Waals surface area contributed by atoms with Crippen LogP contribution in [-0.4, -0.2) is 37.2 Å². The van der Waals surface area contributed by atoms with Gasteiger partial charge in [0, 0.05) is 19.3 Å². The van der Waals surface area contributed by atoms with Crippen molar-refractivity contribution in [3.63, 3.8) is 0 Å². The first-order valence-corrected chi connectivity index (χ1v) is 25.8. The Labute approximate surface area is 398 Å². The Morgan fingerprint density at radius 1 is 0.338 bits per heavy atom. The first-order chi connectivity index (χ1) is 32.0. The van der Waals surface area contributed by atoms with Gasteiger partial charge in [-0.15, -0.1) is 0 Å². The minimum atomic E-state index is -0.850. The van der Waals surface area contributed by atoms with E-state index < -0.39 is 12.1 Å². The topological polar surface area (TPSA) is 78.9 Å².